The summed E-state index contributed by atoms with van der Waals surface area (Å²) in [7, 11) is -1.89. The van der Waals surface area contributed by atoms with Crippen LogP contribution in [0.25, 0.3) is 0 Å². The second-order valence-corrected chi connectivity index (χ2v) is 8.45. The van der Waals surface area contributed by atoms with Crippen LogP contribution in [-0.2, 0) is 19.6 Å². The fourth-order valence-electron chi connectivity index (χ4n) is 2.97. The van der Waals surface area contributed by atoms with Gasteiger partial charge in [-0.05, 0) is 37.8 Å². The van der Waals surface area contributed by atoms with Gasteiger partial charge in [-0.1, -0.05) is 17.7 Å². The Morgan fingerprint density at radius 1 is 1.31 bits per heavy atom. The summed E-state index contributed by atoms with van der Waals surface area (Å²) < 4.78 is 32.4. The fraction of sp³-hybridized carbons (Fsp3) is 0.611. The van der Waals surface area contributed by atoms with Gasteiger partial charge in [0.05, 0.1) is 18.0 Å². The molecule has 1 fully saturated rings. The number of amides is 1. The van der Waals surface area contributed by atoms with Gasteiger partial charge in [-0.2, -0.15) is 0 Å². The zero-order valence-electron chi connectivity index (χ0n) is 15.5. The molecule has 1 saturated heterocycles. The zero-order valence-corrected chi connectivity index (χ0v) is 16.3. The maximum Gasteiger partial charge on any atom is 0.240 e. The number of carbonyl (C=O) groups is 1. The highest BCUT2D eigenvalue weighted by Crippen LogP contribution is 2.17. The molecule has 1 aromatic carbocycles. The molecule has 0 radical (unpaired) electrons. The van der Waals surface area contributed by atoms with Gasteiger partial charge in [-0.3, -0.25) is 4.79 Å². The van der Waals surface area contributed by atoms with Crippen LogP contribution in [-0.4, -0.2) is 65.7 Å². The molecule has 26 heavy (non-hydrogen) atoms. The van der Waals surface area contributed by atoms with Gasteiger partial charge >= 0.3 is 0 Å². The van der Waals surface area contributed by atoms with Gasteiger partial charge in [0.2, 0.25) is 15.9 Å². The first-order chi connectivity index (χ1) is 12.4. The number of hydrogen-bond donors (Lipinski definition) is 2. The SMILES string of the molecule is COCCNCC(=O)N1CCCC(CNS(=O)(=O)c2ccc(C)cc2)C1. The van der Waals surface area contributed by atoms with E-state index in [0.717, 1.165) is 24.9 Å². The quantitative estimate of drug-likeness (QED) is 0.615. The Morgan fingerprint density at radius 2 is 2.04 bits per heavy atom. The van der Waals surface area contributed by atoms with Crippen LogP contribution < -0.4 is 10.0 Å². The number of rotatable bonds is 9. The molecular formula is C18H29N3O4S. The third-order valence-electron chi connectivity index (χ3n) is 4.52. The number of methoxy groups -OCH3 is 1. The van der Waals surface area contributed by atoms with Crippen LogP contribution >= 0.6 is 0 Å². The van der Waals surface area contributed by atoms with E-state index < -0.39 is 10.0 Å². The van der Waals surface area contributed by atoms with Crippen LogP contribution in [0.15, 0.2) is 29.2 Å². The van der Waals surface area contributed by atoms with Crippen molar-refractivity contribution in [3.63, 3.8) is 0 Å². The van der Waals surface area contributed by atoms with Gasteiger partial charge < -0.3 is 15.0 Å². The fourth-order valence-corrected chi connectivity index (χ4v) is 4.08. The molecule has 8 heteroatoms. The Bertz CT molecular complexity index is 676. The Kier molecular flexibility index (Phi) is 8.02. The van der Waals surface area contributed by atoms with Crippen molar-refractivity contribution in [1.29, 1.82) is 0 Å². The summed E-state index contributed by atoms with van der Waals surface area (Å²) in [5.41, 5.74) is 1.02. The van der Waals surface area contributed by atoms with Crippen molar-refractivity contribution in [3.05, 3.63) is 29.8 Å². The number of hydrogen-bond acceptors (Lipinski definition) is 5. The van der Waals surface area contributed by atoms with Crippen molar-refractivity contribution in [2.24, 2.45) is 5.92 Å². The molecule has 1 aliphatic rings. The van der Waals surface area contributed by atoms with Crippen molar-refractivity contribution >= 4 is 15.9 Å². The lowest BCUT2D eigenvalue weighted by Crippen LogP contribution is -2.46. The first-order valence-electron chi connectivity index (χ1n) is 8.96. The van der Waals surface area contributed by atoms with Gasteiger partial charge in [0.15, 0.2) is 0 Å². The minimum absolute atomic E-state index is 0.0483. The van der Waals surface area contributed by atoms with E-state index in [1.807, 2.05) is 11.8 Å². The smallest absolute Gasteiger partial charge is 0.240 e. The number of benzene rings is 1. The third kappa shape index (κ3) is 6.35. The molecule has 146 valence electrons. The van der Waals surface area contributed by atoms with Crippen LogP contribution in [0, 0.1) is 12.8 Å². The highest BCUT2D eigenvalue weighted by molar-refractivity contribution is 7.89. The third-order valence-corrected chi connectivity index (χ3v) is 5.96. The second kappa shape index (κ2) is 10.0. The van der Waals surface area contributed by atoms with E-state index in [4.69, 9.17) is 4.74 Å². The van der Waals surface area contributed by atoms with Crippen molar-refractivity contribution in [1.82, 2.24) is 14.9 Å². The predicted octanol–water partition coefficient (Wildman–Crippen LogP) is 0.748. The molecule has 1 atom stereocenters. The molecule has 0 saturated carbocycles. The topological polar surface area (TPSA) is 87.7 Å². The van der Waals surface area contributed by atoms with Crippen molar-refractivity contribution in [3.8, 4) is 0 Å². The number of nitrogens with zero attached hydrogens (tertiary/aromatic N) is 1. The molecule has 0 bridgehead atoms. The van der Waals surface area contributed by atoms with E-state index in [0.29, 0.717) is 26.2 Å². The van der Waals surface area contributed by atoms with Gasteiger partial charge in [0.1, 0.15) is 0 Å². The summed E-state index contributed by atoms with van der Waals surface area (Å²) >= 11 is 0. The molecule has 0 spiro atoms. The van der Waals surface area contributed by atoms with Gasteiger partial charge in [-0.25, -0.2) is 13.1 Å². The van der Waals surface area contributed by atoms with Gasteiger partial charge in [-0.15, -0.1) is 0 Å². The Hall–Kier alpha value is -1.48. The molecule has 7 nitrogen and oxygen atoms in total. The van der Waals surface area contributed by atoms with E-state index in [2.05, 4.69) is 10.0 Å². The number of aryl methyl sites for hydroxylation is 1. The average molecular weight is 384 g/mol. The van der Waals surface area contributed by atoms with Crippen LogP contribution in [0.5, 0.6) is 0 Å². The van der Waals surface area contributed by atoms with Crippen molar-refractivity contribution in [2.45, 2.75) is 24.7 Å². The monoisotopic (exact) mass is 383 g/mol. The maximum atomic E-state index is 12.4. The lowest BCUT2D eigenvalue weighted by atomic mass is 9.98. The van der Waals surface area contributed by atoms with E-state index in [1.54, 1.807) is 31.4 Å². The summed E-state index contributed by atoms with van der Waals surface area (Å²) in [5, 5.41) is 3.05. The molecule has 1 unspecified atom stereocenters. The molecule has 2 rings (SSSR count). The molecule has 0 aromatic heterocycles. The van der Waals surface area contributed by atoms with Crippen LogP contribution in [0.2, 0.25) is 0 Å². The first kappa shape index (κ1) is 20.8. The minimum atomic E-state index is -3.51. The number of nitrogens with one attached hydrogen (secondary N) is 2. The number of sulfonamides is 1. The van der Waals surface area contributed by atoms with Crippen LogP contribution in [0.4, 0.5) is 0 Å². The molecule has 0 aliphatic carbocycles. The first-order valence-corrected chi connectivity index (χ1v) is 10.4. The number of likely N-dealkylation sites (tertiary alicyclic amines) is 1. The van der Waals surface area contributed by atoms with Crippen LogP contribution in [0.1, 0.15) is 18.4 Å². The van der Waals surface area contributed by atoms with Crippen molar-refractivity contribution in [2.75, 3.05) is 46.4 Å². The molecule has 1 aliphatic heterocycles. The Morgan fingerprint density at radius 3 is 2.73 bits per heavy atom. The summed E-state index contributed by atoms with van der Waals surface area (Å²) in [5.74, 6) is 0.180. The molecule has 1 amide bonds. The maximum absolute atomic E-state index is 12.4. The summed E-state index contributed by atoms with van der Waals surface area (Å²) in [4.78, 5) is 14.3. The van der Waals surface area contributed by atoms with E-state index in [-0.39, 0.29) is 23.3 Å². The number of carbonyl (C=O) groups excluding carboxylic acids is 1. The molecular weight excluding hydrogens is 354 g/mol. The highest BCUT2D eigenvalue weighted by atomic mass is 32.2. The zero-order chi connectivity index (χ0) is 19.0. The Labute approximate surface area is 156 Å². The molecule has 1 aromatic rings. The summed E-state index contributed by atoms with van der Waals surface area (Å²) in [6, 6.07) is 6.79. The second-order valence-electron chi connectivity index (χ2n) is 6.68. The molecule has 2 N–H and O–H groups in total. The van der Waals surface area contributed by atoms with E-state index in [9.17, 15) is 13.2 Å². The number of ether oxygens (including phenoxy) is 1. The van der Waals surface area contributed by atoms with Crippen molar-refractivity contribution < 1.29 is 17.9 Å². The number of piperidine rings is 1. The average Bonchev–Trinajstić information content (AvgIpc) is 2.64. The van der Waals surface area contributed by atoms with Gasteiger partial charge in [0, 0.05) is 33.3 Å². The lowest BCUT2D eigenvalue weighted by Gasteiger charge is -2.33. The standard InChI is InChI=1S/C18H29N3O4S/c1-15-5-7-17(8-6-15)26(23,24)20-12-16-4-3-10-21(14-16)18(22)13-19-9-11-25-2/h5-8,16,19-20H,3-4,9-14H2,1-2H3. The molecule has 1 heterocycles. The van der Waals surface area contributed by atoms with Crippen LogP contribution in [0.3, 0.4) is 0 Å². The van der Waals surface area contributed by atoms with Gasteiger partial charge in [0.25, 0.3) is 0 Å². The largest absolute Gasteiger partial charge is 0.383 e. The minimum Gasteiger partial charge on any atom is -0.383 e. The lowest BCUT2D eigenvalue weighted by molar-refractivity contribution is -0.132. The van der Waals surface area contributed by atoms with E-state index in [1.165, 1.54) is 0 Å². The normalized spacial score (nSPS) is 18.1. The Balaban J connectivity index is 1.82. The van der Waals surface area contributed by atoms with E-state index >= 15 is 0 Å². The summed E-state index contributed by atoms with van der Waals surface area (Å²) in [6.07, 6.45) is 1.80. The summed E-state index contributed by atoms with van der Waals surface area (Å²) in [6.45, 7) is 5.06. The highest BCUT2D eigenvalue weighted by Gasteiger charge is 2.25. The predicted molar refractivity (Wildman–Crippen MR) is 100 cm³/mol.